The van der Waals surface area contributed by atoms with Crippen LogP contribution in [0.3, 0.4) is 0 Å². The van der Waals surface area contributed by atoms with E-state index in [1.807, 2.05) is 19.1 Å². The van der Waals surface area contributed by atoms with Gasteiger partial charge in [-0.2, -0.15) is 0 Å². The number of carbonyl (C=O) groups is 1. The largest absolute Gasteiger partial charge is 0.399 e. The van der Waals surface area contributed by atoms with Crippen molar-refractivity contribution in [1.82, 2.24) is 4.90 Å². The molecule has 0 unspecified atom stereocenters. The lowest BCUT2D eigenvalue weighted by Crippen LogP contribution is -2.25. The molecule has 1 aromatic rings. The quantitative estimate of drug-likeness (QED) is 0.570. The number of likely N-dealkylation sites (N-methyl/N-ethyl adjacent to an activating group) is 1. The highest BCUT2D eigenvalue weighted by molar-refractivity contribution is 6.13. The molecule has 0 spiro atoms. The van der Waals surface area contributed by atoms with E-state index in [1.54, 1.807) is 25.3 Å². The fraction of sp³-hybridized carbons (Fsp3) is 0.167. The van der Waals surface area contributed by atoms with E-state index in [0.717, 1.165) is 5.56 Å². The van der Waals surface area contributed by atoms with Crippen LogP contribution in [-0.2, 0) is 4.79 Å². The highest BCUT2D eigenvalue weighted by Gasteiger charge is 2.23. The smallest absolute Gasteiger partial charge is 0.277 e. The van der Waals surface area contributed by atoms with E-state index < -0.39 is 0 Å². The number of amides is 1. The molecule has 0 radical (unpaired) electrons. The molecule has 1 aliphatic heterocycles. The molecule has 1 aromatic carbocycles. The minimum Gasteiger partial charge on any atom is -0.399 e. The summed E-state index contributed by atoms with van der Waals surface area (Å²) < 4.78 is 0. The molecule has 16 heavy (non-hydrogen) atoms. The number of anilines is 1. The summed E-state index contributed by atoms with van der Waals surface area (Å²) in [7, 11) is 1.71. The molecule has 1 amide bonds. The Morgan fingerprint density at radius 2 is 1.94 bits per heavy atom. The second-order valence-electron chi connectivity index (χ2n) is 3.72. The third-order valence-corrected chi connectivity index (χ3v) is 2.53. The molecule has 2 N–H and O–H groups in total. The summed E-state index contributed by atoms with van der Waals surface area (Å²) in [6.45, 7) is 1.81. The summed E-state index contributed by atoms with van der Waals surface area (Å²) in [5.41, 5.74) is 7.67. The van der Waals surface area contributed by atoms with Gasteiger partial charge in [-0.25, -0.2) is 4.99 Å². The molecule has 1 heterocycles. The maximum atomic E-state index is 11.7. The first-order chi connectivity index (χ1) is 7.58. The molecule has 0 saturated carbocycles. The van der Waals surface area contributed by atoms with Crippen molar-refractivity contribution in [2.45, 2.75) is 6.92 Å². The van der Waals surface area contributed by atoms with Crippen LogP contribution < -0.4 is 5.73 Å². The molecule has 2 rings (SSSR count). The molecule has 4 nitrogen and oxygen atoms in total. The van der Waals surface area contributed by atoms with Gasteiger partial charge < -0.3 is 5.73 Å². The minimum absolute atomic E-state index is 0.0747. The van der Waals surface area contributed by atoms with Crippen LogP contribution in [0.1, 0.15) is 12.5 Å². The van der Waals surface area contributed by atoms with Crippen LogP contribution in [0.25, 0.3) is 6.08 Å². The predicted molar refractivity (Wildman–Crippen MR) is 64.7 cm³/mol. The Morgan fingerprint density at radius 1 is 1.31 bits per heavy atom. The van der Waals surface area contributed by atoms with Crippen molar-refractivity contribution < 1.29 is 4.79 Å². The minimum atomic E-state index is -0.0747. The van der Waals surface area contributed by atoms with Crippen LogP contribution in [0.2, 0.25) is 0 Å². The van der Waals surface area contributed by atoms with Gasteiger partial charge in [0.15, 0.2) is 0 Å². The van der Waals surface area contributed by atoms with Crippen molar-refractivity contribution in [2.75, 3.05) is 12.8 Å². The van der Waals surface area contributed by atoms with Gasteiger partial charge in [0.2, 0.25) is 0 Å². The number of nitrogen functional groups attached to an aromatic ring is 1. The van der Waals surface area contributed by atoms with Crippen molar-refractivity contribution in [3.05, 3.63) is 35.5 Å². The van der Waals surface area contributed by atoms with E-state index in [2.05, 4.69) is 4.99 Å². The van der Waals surface area contributed by atoms with Crippen molar-refractivity contribution in [2.24, 2.45) is 4.99 Å². The third-order valence-electron chi connectivity index (χ3n) is 2.53. The topological polar surface area (TPSA) is 58.7 Å². The number of hydrogen-bond acceptors (Lipinski definition) is 3. The van der Waals surface area contributed by atoms with Gasteiger partial charge in [0, 0.05) is 12.7 Å². The van der Waals surface area contributed by atoms with Gasteiger partial charge in [-0.15, -0.1) is 0 Å². The average molecular weight is 215 g/mol. The molecule has 0 aliphatic carbocycles. The Morgan fingerprint density at radius 3 is 2.44 bits per heavy atom. The van der Waals surface area contributed by atoms with Gasteiger partial charge in [0.05, 0.1) is 0 Å². The van der Waals surface area contributed by atoms with Crippen molar-refractivity contribution >= 4 is 23.5 Å². The summed E-state index contributed by atoms with van der Waals surface area (Å²) in [5.74, 6) is 0.640. The summed E-state index contributed by atoms with van der Waals surface area (Å²) >= 11 is 0. The Bertz CT molecular complexity index is 485. The van der Waals surface area contributed by atoms with Crippen molar-refractivity contribution in [1.29, 1.82) is 0 Å². The van der Waals surface area contributed by atoms with Crippen LogP contribution in [0.4, 0.5) is 5.69 Å². The predicted octanol–water partition coefficient (Wildman–Crippen LogP) is 1.50. The lowest BCUT2D eigenvalue weighted by Gasteiger charge is -2.05. The first kappa shape index (κ1) is 10.4. The molecule has 4 heteroatoms. The maximum Gasteiger partial charge on any atom is 0.277 e. The molecule has 0 saturated heterocycles. The van der Waals surface area contributed by atoms with E-state index in [0.29, 0.717) is 17.2 Å². The molecular formula is C12H13N3O. The van der Waals surface area contributed by atoms with Gasteiger partial charge in [-0.1, -0.05) is 12.1 Å². The first-order valence-electron chi connectivity index (χ1n) is 4.98. The molecular weight excluding hydrogens is 202 g/mol. The summed E-state index contributed by atoms with van der Waals surface area (Å²) in [6, 6.07) is 7.32. The van der Waals surface area contributed by atoms with E-state index in [-0.39, 0.29) is 5.91 Å². The van der Waals surface area contributed by atoms with Crippen LogP contribution in [0, 0.1) is 0 Å². The van der Waals surface area contributed by atoms with Crippen LogP contribution in [0.5, 0.6) is 0 Å². The maximum absolute atomic E-state index is 11.7. The Hall–Kier alpha value is -2.10. The van der Waals surface area contributed by atoms with Crippen molar-refractivity contribution in [3.63, 3.8) is 0 Å². The zero-order valence-electron chi connectivity index (χ0n) is 9.27. The zero-order chi connectivity index (χ0) is 11.7. The number of hydrogen-bond donors (Lipinski definition) is 1. The van der Waals surface area contributed by atoms with E-state index in [1.165, 1.54) is 4.90 Å². The average Bonchev–Trinajstić information content (AvgIpc) is 2.50. The molecule has 0 atom stereocenters. The summed E-state index contributed by atoms with van der Waals surface area (Å²) in [4.78, 5) is 17.4. The van der Waals surface area contributed by atoms with E-state index >= 15 is 0 Å². The second-order valence-corrected chi connectivity index (χ2v) is 3.72. The molecule has 0 aromatic heterocycles. The number of benzene rings is 1. The third kappa shape index (κ3) is 1.82. The fourth-order valence-corrected chi connectivity index (χ4v) is 1.46. The van der Waals surface area contributed by atoms with Crippen LogP contribution >= 0.6 is 0 Å². The molecule has 0 fully saturated rings. The number of carbonyl (C=O) groups excluding carboxylic acids is 1. The number of amidine groups is 1. The van der Waals surface area contributed by atoms with Crippen molar-refractivity contribution in [3.8, 4) is 0 Å². The van der Waals surface area contributed by atoms with Gasteiger partial charge in [-0.3, -0.25) is 9.69 Å². The van der Waals surface area contributed by atoms with Crippen LogP contribution in [-0.4, -0.2) is 23.7 Å². The normalized spacial score (nSPS) is 18.1. The first-order valence-corrected chi connectivity index (χ1v) is 4.98. The van der Waals surface area contributed by atoms with E-state index in [4.69, 9.17) is 5.73 Å². The summed E-state index contributed by atoms with van der Waals surface area (Å²) in [5, 5.41) is 0. The number of nitrogens with two attached hydrogens (primary N) is 1. The highest BCUT2D eigenvalue weighted by Crippen LogP contribution is 2.17. The SMILES string of the molecule is CC1=N/C(=C/c2ccc(N)cc2)C(=O)N1C. The number of rotatable bonds is 1. The fourth-order valence-electron chi connectivity index (χ4n) is 1.46. The van der Waals surface area contributed by atoms with Gasteiger partial charge >= 0.3 is 0 Å². The Balaban J connectivity index is 2.32. The van der Waals surface area contributed by atoms with Gasteiger partial charge in [0.25, 0.3) is 5.91 Å². The van der Waals surface area contributed by atoms with E-state index in [9.17, 15) is 4.79 Å². The van der Waals surface area contributed by atoms with Gasteiger partial charge in [-0.05, 0) is 30.7 Å². The Kier molecular flexibility index (Phi) is 2.48. The zero-order valence-corrected chi connectivity index (χ0v) is 9.27. The molecule has 0 bridgehead atoms. The molecule has 82 valence electrons. The van der Waals surface area contributed by atoms with Crippen LogP contribution in [0.15, 0.2) is 35.0 Å². The lowest BCUT2D eigenvalue weighted by molar-refractivity contribution is -0.121. The standard InChI is InChI=1S/C12H13N3O/c1-8-14-11(12(16)15(8)2)7-9-3-5-10(13)6-4-9/h3-7H,13H2,1-2H3/b11-7+. The lowest BCUT2D eigenvalue weighted by atomic mass is 10.2. The number of nitrogens with zero attached hydrogens (tertiary/aromatic N) is 2. The summed E-state index contributed by atoms with van der Waals surface area (Å²) in [6.07, 6.45) is 1.76. The Labute approximate surface area is 94.1 Å². The van der Waals surface area contributed by atoms with Gasteiger partial charge in [0.1, 0.15) is 11.5 Å². The highest BCUT2D eigenvalue weighted by atomic mass is 16.2. The molecule has 1 aliphatic rings. The monoisotopic (exact) mass is 215 g/mol. The second kappa shape index (κ2) is 3.81. The number of aliphatic imine (C=N–C) groups is 1.